The van der Waals surface area contributed by atoms with Gasteiger partial charge in [-0.1, -0.05) is 49.0 Å². The van der Waals surface area contributed by atoms with Crippen LogP contribution in [-0.2, 0) is 47.9 Å². The second-order valence-corrected chi connectivity index (χ2v) is 19.2. The van der Waals surface area contributed by atoms with E-state index in [1.807, 2.05) is 20.8 Å². The van der Waals surface area contributed by atoms with Gasteiger partial charge in [0.2, 0.25) is 59.1 Å². The van der Waals surface area contributed by atoms with E-state index < -0.39 is 123 Å². The van der Waals surface area contributed by atoms with E-state index in [4.69, 9.17) is 5.73 Å². The first kappa shape index (κ1) is 72.6. The van der Waals surface area contributed by atoms with Crippen LogP contribution in [0.4, 0.5) is 0 Å². The number of aliphatic hydroxyl groups is 4. The SMILES string of the molecule is C.CCCNCC(=O)N(CCC)CC(=O)N(CC(=O)N(CC(=O)N(CCC)CC(=O)N(CCC)CC(=O)N(CC(=O)N(CC(=O)N(CCC)CC(=O)N(CCC)CC(N)=O)C[C@@H](C)O)C[C@@H](C)O)C[C@@H](C)O)C[C@@H](C)O. The summed E-state index contributed by atoms with van der Waals surface area (Å²) >= 11 is 0. The van der Waals surface area contributed by atoms with Gasteiger partial charge in [-0.2, -0.15) is 0 Å². The number of primary amides is 1. The van der Waals surface area contributed by atoms with E-state index in [1.54, 1.807) is 20.8 Å². The van der Waals surface area contributed by atoms with E-state index in [-0.39, 0.29) is 91.9 Å². The highest BCUT2D eigenvalue weighted by molar-refractivity contribution is 5.94. The third kappa shape index (κ3) is 29.7. The second kappa shape index (κ2) is 39.8. The minimum atomic E-state index is -1.15. The number of nitrogens with one attached hydrogen (secondary N) is 1. The molecular weight excluding hydrogens is 991 g/mol. The molecule has 0 fully saturated rings. The number of hydrogen-bond donors (Lipinski definition) is 6. The molecule has 0 aliphatic rings. The number of hydrogen-bond acceptors (Lipinski definition) is 15. The van der Waals surface area contributed by atoms with Gasteiger partial charge in [0.1, 0.15) is 0 Å². The van der Waals surface area contributed by atoms with Crippen LogP contribution in [0.15, 0.2) is 0 Å². The summed E-state index contributed by atoms with van der Waals surface area (Å²) in [6.07, 6.45) is -1.40. The Kier molecular flexibility index (Phi) is 38.0. The molecule has 4 atom stereocenters. The fraction of sp³-hybridized carbons (Fsp3) is 0.804. The zero-order chi connectivity index (χ0) is 57.4. The van der Waals surface area contributed by atoms with Crippen LogP contribution in [-0.4, -0.2) is 279 Å². The van der Waals surface area contributed by atoms with Crippen molar-refractivity contribution in [1.82, 2.24) is 49.4 Å². The Hall–Kier alpha value is -5.50. The summed E-state index contributed by atoms with van der Waals surface area (Å²) in [5.41, 5.74) is 5.34. The van der Waals surface area contributed by atoms with Crippen LogP contribution in [0.25, 0.3) is 0 Å². The van der Waals surface area contributed by atoms with Crippen molar-refractivity contribution in [3.8, 4) is 0 Å². The van der Waals surface area contributed by atoms with Gasteiger partial charge in [0.05, 0.1) is 89.9 Å². The molecule has 76 heavy (non-hydrogen) atoms. The minimum Gasteiger partial charge on any atom is -0.392 e. The molecule has 25 nitrogen and oxygen atoms in total. The summed E-state index contributed by atoms with van der Waals surface area (Å²) in [5.74, 6) is -6.46. The number of aliphatic hydroxyl groups excluding tert-OH is 4. The van der Waals surface area contributed by atoms with Crippen LogP contribution in [0.1, 0.15) is 115 Å². The van der Waals surface area contributed by atoms with Crippen molar-refractivity contribution >= 4 is 59.1 Å². The summed E-state index contributed by atoms with van der Waals surface area (Å²) in [7, 11) is 0. The molecule has 0 aromatic rings. The fourth-order valence-corrected chi connectivity index (χ4v) is 7.88. The molecule has 0 bridgehead atoms. The standard InChI is InChI=1S/C50H93N11O14.CH4/c1-11-17-52-23-42(67)54(19-13-3)31-47(72)60(26-39(9)64)35-49(74)59(25-38(8)63)34-46(71)56(21-15-5)30-44(69)57(22-16-6)32-48(73)61(27-40(10)65)36-50(75)58(24-37(7)62)33-45(70)55(20-14-4)29-43(68)53(18-12-2)28-41(51)66;/h37-40,52,62-65H,11-36H2,1-10H3,(H2,51,66);1H4/t37-,38-,39-,40-;/m1./s1. The van der Waals surface area contributed by atoms with Gasteiger partial charge in [0.25, 0.3) is 0 Å². The largest absolute Gasteiger partial charge is 0.392 e. The smallest absolute Gasteiger partial charge is 0.242 e. The molecule has 0 aromatic heterocycles. The Morgan fingerprint density at radius 3 is 0.737 bits per heavy atom. The molecule has 7 N–H and O–H groups in total. The molecule has 0 aliphatic heterocycles. The second-order valence-electron chi connectivity index (χ2n) is 19.2. The fourth-order valence-electron chi connectivity index (χ4n) is 7.88. The summed E-state index contributed by atoms with van der Waals surface area (Å²) < 4.78 is 0. The highest BCUT2D eigenvalue weighted by Gasteiger charge is 2.32. The lowest BCUT2D eigenvalue weighted by atomic mass is 10.2. The lowest BCUT2D eigenvalue weighted by Gasteiger charge is -2.33. The van der Waals surface area contributed by atoms with Crippen molar-refractivity contribution in [2.45, 2.75) is 140 Å². The van der Waals surface area contributed by atoms with Gasteiger partial charge < -0.3 is 75.6 Å². The van der Waals surface area contributed by atoms with Crippen LogP contribution in [0.3, 0.4) is 0 Å². The molecule has 0 heterocycles. The number of carbonyl (C=O) groups is 10. The maximum atomic E-state index is 14.1. The van der Waals surface area contributed by atoms with Crippen molar-refractivity contribution in [3.05, 3.63) is 0 Å². The quantitative estimate of drug-likeness (QED) is 0.0367. The molecule has 0 saturated carbocycles. The monoisotopic (exact) mass is 1090 g/mol. The molecule has 10 amide bonds. The van der Waals surface area contributed by atoms with Crippen molar-refractivity contribution in [1.29, 1.82) is 0 Å². The summed E-state index contributed by atoms with van der Waals surface area (Å²) in [5, 5.41) is 44.5. The Morgan fingerprint density at radius 1 is 0.342 bits per heavy atom. The van der Waals surface area contributed by atoms with Gasteiger partial charge >= 0.3 is 0 Å². The van der Waals surface area contributed by atoms with Crippen molar-refractivity contribution in [3.63, 3.8) is 0 Å². The van der Waals surface area contributed by atoms with E-state index in [0.29, 0.717) is 38.6 Å². The van der Waals surface area contributed by atoms with E-state index in [2.05, 4.69) is 5.32 Å². The maximum absolute atomic E-state index is 14.1. The van der Waals surface area contributed by atoms with Gasteiger partial charge in [-0.15, -0.1) is 0 Å². The van der Waals surface area contributed by atoms with Crippen molar-refractivity contribution < 1.29 is 68.4 Å². The number of carbonyl (C=O) groups excluding carboxylic acids is 10. The van der Waals surface area contributed by atoms with Crippen LogP contribution < -0.4 is 11.1 Å². The Morgan fingerprint density at radius 2 is 0.539 bits per heavy atom. The zero-order valence-corrected chi connectivity index (χ0v) is 46.7. The molecule has 0 radical (unpaired) electrons. The highest BCUT2D eigenvalue weighted by Crippen LogP contribution is 2.09. The van der Waals surface area contributed by atoms with Gasteiger partial charge in [-0.3, -0.25) is 47.9 Å². The van der Waals surface area contributed by atoms with Crippen LogP contribution in [0.5, 0.6) is 0 Å². The van der Waals surface area contributed by atoms with Crippen LogP contribution in [0.2, 0.25) is 0 Å². The van der Waals surface area contributed by atoms with E-state index in [0.717, 1.165) is 26.0 Å². The number of rotatable bonds is 40. The normalized spacial score (nSPS) is 12.4. The third-order valence-corrected chi connectivity index (χ3v) is 11.2. The van der Waals surface area contributed by atoms with E-state index in [9.17, 15) is 68.4 Å². The molecule has 25 heteroatoms. The molecule has 0 unspecified atom stereocenters. The van der Waals surface area contributed by atoms with Crippen LogP contribution >= 0.6 is 0 Å². The number of nitrogens with zero attached hydrogens (tertiary/aromatic N) is 9. The Bertz CT molecular complexity index is 1800. The molecule has 440 valence electrons. The van der Waals surface area contributed by atoms with E-state index in [1.165, 1.54) is 52.2 Å². The summed E-state index contributed by atoms with van der Waals surface area (Å²) in [4.78, 5) is 146. The predicted octanol–water partition coefficient (Wildman–Crippen LogP) is -1.86. The maximum Gasteiger partial charge on any atom is 0.242 e. The Labute approximate surface area is 452 Å². The molecule has 0 rings (SSSR count). The highest BCUT2D eigenvalue weighted by atomic mass is 16.3. The van der Waals surface area contributed by atoms with Gasteiger partial charge in [-0.25, -0.2) is 0 Å². The lowest BCUT2D eigenvalue weighted by Crippen LogP contribution is -2.54. The van der Waals surface area contributed by atoms with Crippen LogP contribution in [0, 0.1) is 0 Å². The molecule has 0 saturated heterocycles. The van der Waals surface area contributed by atoms with Crippen molar-refractivity contribution in [2.24, 2.45) is 5.73 Å². The summed E-state index contributed by atoms with van der Waals surface area (Å²) in [6.45, 7) is 11.8. The van der Waals surface area contributed by atoms with E-state index >= 15 is 0 Å². The first-order valence-electron chi connectivity index (χ1n) is 26.5. The summed E-state index contributed by atoms with van der Waals surface area (Å²) in [6, 6.07) is 0. The van der Waals surface area contributed by atoms with Gasteiger partial charge in [0, 0.05) is 58.9 Å². The zero-order valence-electron chi connectivity index (χ0n) is 46.7. The van der Waals surface area contributed by atoms with Gasteiger partial charge in [0.15, 0.2) is 0 Å². The first-order chi connectivity index (χ1) is 35.3. The first-order valence-corrected chi connectivity index (χ1v) is 26.5. The average molecular weight is 1090 g/mol. The predicted molar refractivity (Wildman–Crippen MR) is 286 cm³/mol. The Balaban J connectivity index is 0. The minimum absolute atomic E-state index is 0. The number of nitrogens with two attached hydrogens (primary N) is 1. The third-order valence-electron chi connectivity index (χ3n) is 11.2. The van der Waals surface area contributed by atoms with Gasteiger partial charge in [-0.05, 0) is 72.8 Å². The topological polar surface area (TPSA) is 319 Å². The average Bonchev–Trinajstić information content (AvgIpc) is 3.31. The molecule has 0 aliphatic carbocycles. The van der Waals surface area contributed by atoms with Crippen molar-refractivity contribution in [2.75, 3.05) is 131 Å². The lowest BCUT2D eigenvalue weighted by molar-refractivity contribution is -0.150. The molecule has 0 aromatic carbocycles. The molecule has 0 spiro atoms. The molecular formula is C51H97N11O14. The number of amides is 10.